The molecule has 0 saturated heterocycles. The highest BCUT2D eigenvalue weighted by Crippen LogP contribution is 2.34. The normalized spacial score (nSPS) is 10.9. The van der Waals surface area contributed by atoms with Gasteiger partial charge >= 0.3 is 16.1 Å². The fourth-order valence-electron chi connectivity index (χ4n) is 4.36. The van der Waals surface area contributed by atoms with E-state index >= 15 is 0 Å². The lowest BCUT2D eigenvalue weighted by atomic mass is 10.0. The maximum absolute atomic E-state index is 13.0. The van der Waals surface area contributed by atoms with Crippen molar-refractivity contribution in [2.45, 2.75) is 18.7 Å². The van der Waals surface area contributed by atoms with E-state index in [-0.39, 0.29) is 48.9 Å². The highest BCUT2D eigenvalue weighted by atomic mass is 35.5. The number of nitrogens with zero attached hydrogens (tertiary/aromatic N) is 3. The SMILES string of the molecule is COC(=O)c1cc(Oc2ccc(Cl)cc2Cl)ccc1[N+](=O)[O-].Cc1ccc(S(=O)(=O)Oc2c(C(=O)c3ccc(Cl)cc3Cl)c(C)nn2C)cc1. The molecule has 0 aliphatic rings. The molecule has 0 aliphatic carbocycles. The van der Waals surface area contributed by atoms with Crippen LogP contribution in [-0.2, 0) is 21.9 Å². The third-order valence-electron chi connectivity index (χ3n) is 6.76. The van der Waals surface area contributed by atoms with Crippen LogP contribution in [0, 0.1) is 24.0 Å². The molecule has 17 heteroatoms. The fourth-order valence-corrected chi connectivity index (χ4v) is 6.26. The Bertz CT molecular complexity index is 2220. The standard InChI is InChI=1S/C19H16Cl2N2O4S.C14H9Cl2NO5/c1-11-4-7-14(8-5-11)28(25,26)27-19-17(12(2)22-23(19)3)18(24)15-9-6-13(20)10-16(15)21;1-21-14(18)10-7-9(3-4-12(10)17(19)20)22-13-5-2-8(15)6-11(13)16/h4-10H,1-3H3;2-7H,1H3. The summed E-state index contributed by atoms with van der Waals surface area (Å²) in [6.45, 7) is 3.43. The van der Waals surface area contributed by atoms with E-state index in [0.717, 1.165) is 18.7 Å². The van der Waals surface area contributed by atoms with Gasteiger partial charge in [-0.1, -0.05) is 64.1 Å². The van der Waals surface area contributed by atoms with Gasteiger partial charge in [0.15, 0.2) is 0 Å². The average Bonchev–Trinajstić information content (AvgIpc) is 3.33. The van der Waals surface area contributed by atoms with Gasteiger partial charge in [-0.3, -0.25) is 14.9 Å². The molecule has 0 amide bonds. The lowest BCUT2D eigenvalue weighted by molar-refractivity contribution is -0.385. The fraction of sp³-hybridized carbons (Fsp3) is 0.121. The van der Waals surface area contributed by atoms with E-state index in [2.05, 4.69) is 9.84 Å². The molecule has 5 aromatic rings. The Morgan fingerprint density at radius 2 is 1.46 bits per heavy atom. The number of nitro benzene ring substituents is 1. The molecule has 0 atom stereocenters. The van der Waals surface area contributed by atoms with E-state index in [4.69, 9.17) is 55.3 Å². The van der Waals surface area contributed by atoms with Crippen LogP contribution >= 0.6 is 46.4 Å². The minimum absolute atomic E-state index is 0.0161. The second-order valence-corrected chi connectivity index (χ2v) is 13.5. The molecule has 1 aromatic heterocycles. The Hall–Kier alpha value is -4.66. The minimum Gasteiger partial charge on any atom is -0.465 e. The summed E-state index contributed by atoms with van der Waals surface area (Å²) in [6.07, 6.45) is 0. The van der Waals surface area contributed by atoms with Crippen molar-refractivity contribution in [3.8, 4) is 17.4 Å². The Morgan fingerprint density at radius 1 is 0.840 bits per heavy atom. The molecule has 0 bridgehead atoms. The van der Waals surface area contributed by atoms with E-state index in [1.54, 1.807) is 31.2 Å². The third kappa shape index (κ3) is 8.92. The van der Waals surface area contributed by atoms with Crippen LogP contribution in [0.2, 0.25) is 20.1 Å². The van der Waals surface area contributed by atoms with Crippen LogP contribution in [0.3, 0.4) is 0 Å². The van der Waals surface area contributed by atoms with Crippen LogP contribution in [0.25, 0.3) is 0 Å². The zero-order valence-corrected chi connectivity index (χ0v) is 30.3. The third-order valence-corrected chi connectivity index (χ3v) is 9.07. The molecule has 0 radical (unpaired) electrons. The molecule has 50 heavy (non-hydrogen) atoms. The summed E-state index contributed by atoms with van der Waals surface area (Å²) in [5, 5.41) is 16.3. The minimum atomic E-state index is -4.16. The highest BCUT2D eigenvalue weighted by molar-refractivity contribution is 7.87. The van der Waals surface area contributed by atoms with Gasteiger partial charge in [0.2, 0.25) is 11.7 Å². The smallest absolute Gasteiger partial charge is 0.345 e. The largest absolute Gasteiger partial charge is 0.465 e. The van der Waals surface area contributed by atoms with Gasteiger partial charge in [0, 0.05) is 34.8 Å². The molecule has 5 rings (SSSR count). The van der Waals surface area contributed by atoms with Gasteiger partial charge in [0.25, 0.3) is 5.69 Å². The number of aromatic nitrogens is 2. The number of carbonyl (C=O) groups is 2. The van der Waals surface area contributed by atoms with Crippen molar-refractivity contribution >= 4 is 74.0 Å². The van der Waals surface area contributed by atoms with E-state index in [1.165, 1.54) is 60.3 Å². The number of benzene rings is 4. The van der Waals surface area contributed by atoms with Gasteiger partial charge in [-0.2, -0.15) is 13.5 Å². The molecule has 0 fully saturated rings. The van der Waals surface area contributed by atoms with Crippen molar-refractivity contribution < 1.29 is 36.6 Å². The molecule has 4 aromatic carbocycles. The lowest BCUT2D eigenvalue weighted by Crippen LogP contribution is -2.15. The van der Waals surface area contributed by atoms with Crippen LogP contribution in [0.1, 0.15) is 37.5 Å². The predicted molar refractivity (Wildman–Crippen MR) is 188 cm³/mol. The number of hydrogen-bond acceptors (Lipinski definition) is 10. The highest BCUT2D eigenvalue weighted by Gasteiger charge is 2.29. The molecular formula is C33H25Cl4N3O9S. The molecule has 1 heterocycles. The first kappa shape index (κ1) is 38.1. The van der Waals surface area contributed by atoms with Gasteiger partial charge < -0.3 is 13.7 Å². The van der Waals surface area contributed by atoms with E-state index in [0.29, 0.717) is 21.5 Å². The molecule has 0 N–H and O–H groups in total. The number of hydrogen-bond donors (Lipinski definition) is 0. The number of halogens is 4. The number of carbonyl (C=O) groups excluding carboxylic acids is 2. The summed E-state index contributed by atoms with van der Waals surface area (Å²) in [5.74, 6) is -1.03. The number of esters is 1. The van der Waals surface area contributed by atoms with Crippen LogP contribution in [0.4, 0.5) is 5.69 Å². The number of ketones is 1. The Labute approximate surface area is 306 Å². The van der Waals surface area contributed by atoms with E-state index in [9.17, 15) is 28.1 Å². The number of methoxy groups -OCH3 is 1. The zero-order valence-electron chi connectivity index (χ0n) is 26.4. The van der Waals surface area contributed by atoms with Crippen molar-refractivity contribution in [3.63, 3.8) is 0 Å². The number of ether oxygens (including phenoxy) is 2. The second kappa shape index (κ2) is 15.9. The summed E-state index contributed by atoms with van der Waals surface area (Å²) < 4.78 is 41.9. The first-order chi connectivity index (χ1) is 23.5. The van der Waals surface area contributed by atoms with E-state index in [1.807, 2.05) is 6.92 Å². The first-order valence-corrected chi connectivity index (χ1v) is 17.0. The van der Waals surface area contributed by atoms with Crippen molar-refractivity contribution in [2.24, 2.45) is 7.05 Å². The predicted octanol–water partition coefficient (Wildman–Crippen LogP) is 8.82. The average molecular weight is 781 g/mol. The van der Waals surface area contributed by atoms with E-state index < -0.39 is 26.8 Å². The Morgan fingerprint density at radius 3 is 2.04 bits per heavy atom. The van der Waals surface area contributed by atoms with Crippen LogP contribution in [0.5, 0.6) is 17.4 Å². The summed E-state index contributed by atoms with van der Waals surface area (Å²) >= 11 is 23.8. The van der Waals surface area contributed by atoms with Gasteiger partial charge in [-0.25, -0.2) is 9.48 Å². The van der Waals surface area contributed by atoms with Crippen LogP contribution in [0.15, 0.2) is 83.8 Å². The molecule has 0 saturated carbocycles. The van der Waals surface area contributed by atoms with Crippen molar-refractivity contribution in [2.75, 3.05) is 7.11 Å². The topological polar surface area (TPSA) is 157 Å². The van der Waals surface area contributed by atoms with Crippen LogP contribution in [-0.4, -0.2) is 42.0 Å². The summed E-state index contributed by atoms with van der Waals surface area (Å²) in [4.78, 5) is 34.9. The summed E-state index contributed by atoms with van der Waals surface area (Å²) in [6, 6.07) is 19.0. The Balaban J connectivity index is 0.000000232. The molecule has 0 unspecified atom stereocenters. The quantitative estimate of drug-likeness (QED) is 0.0465. The zero-order chi connectivity index (χ0) is 36.9. The summed E-state index contributed by atoms with van der Waals surface area (Å²) in [5.41, 5.74) is 0.815. The lowest BCUT2D eigenvalue weighted by Gasteiger charge is -2.10. The van der Waals surface area contributed by atoms with Gasteiger partial charge in [0.05, 0.1) is 27.8 Å². The molecule has 260 valence electrons. The Kier molecular flexibility index (Phi) is 12.1. The number of aryl methyl sites for hydroxylation is 3. The maximum atomic E-state index is 13.0. The monoisotopic (exact) mass is 779 g/mol. The molecule has 0 spiro atoms. The summed E-state index contributed by atoms with van der Waals surface area (Å²) in [7, 11) is -1.53. The second-order valence-electron chi connectivity index (χ2n) is 10.3. The maximum Gasteiger partial charge on any atom is 0.345 e. The van der Waals surface area contributed by atoms with Crippen molar-refractivity contribution in [3.05, 3.63) is 137 Å². The van der Waals surface area contributed by atoms with Crippen molar-refractivity contribution in [1.29, 1.82) is 0 Å². The molecular weight excluding hydrogens is 756 g/mol. The van der Waals surface area contributed by atoms with Gasteiger partial charge in [0.1, 0.15) is 27.5 Å². The van der Waals surface area contributed by atoms with Gasteiger partial charge in [-0.05, 0) is 68.4 Å². The first-order valence-electron chi connectivity index (χ1n) is 14.1. The number of rotatable bonds is 9. The van der Waals surface area contributed by atoms with Crippen LogP contribution < -0.4 is 8.92 Å². The van der Waals surface area contributed by atoms with Gasteiger partial charge in [-0.15, -0.1) is 0 Å². The van der Waals surface area contributed by atoms with Crippen molar-refractivity contribution in [1.82, 2.24) is 9.78 Å². The molecule has 12 nitrogen and oxygen atoms in total. The molecule has 0 aliphatic heterocycles. The number of nitro groups is 1.